The number of fused-ring (bicyclic) bond motifs is 1. The van der Waals surface area contributed by atoms with Crippen molar-refractivity contribution in [2.24, 2.45) is 5.92 Å². The van der Waals surface area contributed by atoms with Crippen LogP contribution in [0.5, 0.6) is 0 Å². The molecule has 24 heavy (non-hydrogen) atoms. The molecule has 1 aliphatic heterocycles. The highest BCUT2D eigenvalue weighted by molar-refractivity contribution is 7.18. The highest BCUT2D eigenvalue weighted by Crippen LogP contribution is 2.23. The first-order valence-corrected chi connectivity index (χ1v) is 9.28. The highest BCUT2D eigenvalue weighted by atomic mass is 32.1. The van der Waals surface area contributed by atoms with Crippen LogP contribution in [0, 0.1) is 5.92 Å². The van der Waals surface area contributed by atoms with Crippen LogP contribution >= 0.6 is 11.3 Å². The van der Waals surface area contributed by atoms with Crippen molar-refractivity contribution in [1.29, 1.82) is 0 Å². The lowest BCUT2D eigenvalue weighted by atomic mass is 9.98. The topological polar surface area (TPSA) is 59.5 Å². The van der Waals surface area contributed by atoms with Crippen molar-refractivity contribution < 1.29 is 14.3 Å². The summed E-state index contributed by atoms with van der Waals surface area (Å²) >= 11 is 1.64. The number of carbonyl (C=O) groups excluding carboxylic acids is 2. The van der Waals surface area contributed by atoms with Crippen molar-refractivity contribution in [3.05, 3.63) is 29.3 Å². The molecule has 0 aliphatic carbocycles. The van der Waals surface area contributed by atoms with Gasteiger partial charge >= 0.3 is 5.97 Å². The summed E-state index contributed by atoms with van der Waals surface area (Å²) < 4.78 is 6.24. The molecule has 0 saturated carbocycles. The van der Waals surface area contributed by atoms with Gasteiger partial charge in [0.15, 0.2) is 0 Å². The van der Waals surface area contributed by atoms with Crippen LogP contribution in [0.4, 0.5) is 0 Å². The van der Waals surface area contributed by atoms with Gasteiger partial charge in [-0.3, -0.25) is 9.59 Å². The molecule has 0 bridgehead atoms. The first kappa shape index (κ1) is 16.9. The van der Waals surface area contributed by atoms with Gasteiger partial charge in [-0.05, 0) is 31.9 Å². The zero-order valence-corrected chi connectivity index (χ0v) is 14.7. The molecule has 1 fully saturated rings. The minimum atomic E-state index is -0.179. The fourth-order valence-corrected chi connectivity index (χ4v) is 4.02. The van der Waals surface area contributed by atoms with E-state index in [2.05, 4.69) is 4.98 Å². The second kappa shape index (κ2) is 7.75. The number of aromatic nitrogens is 1. The van der Waals surface area contributed by atoms with Crippen LogP contribution in [0.3, 0.4) is 0 Å². The predicted molar refractivity (Wildman–Crippen MR) is 93.9 cm³/mol. The van der Waals surface area contributed by atoms with Crippen molar-refractivity contribution in [2.75, 3.05) is 19.7 Å². The fraction of sp³-hybridized carbons (Fsp3) is 0.500. The van der Waals surface area contributed by atoms with Gasteiger partial charge in [0.05, 0.1) is 27.7 Å². The summed E-state index contributed by atoms with van der Waals surface area (Å²) in [5.41, 5.74) is 0.991. The molecule has 6 heteroatoms. The molecule has 3 rings (SSSR count). The number of amides is 1. The average Bonchev–Trinajstić information content (AvgIpc) is 3.03. The maximum Gasteiger partial charge on any atom is 0.310 e. The molecule has 0 N–H and O–H groups in total. The Labute approximate surface area is 145 Å². The number of ether oxygens (including phenoxy) is 1. The Morgan fingerprint density at radius 1 is 1.38 bits per heavy atom. The second-order valence-electron chi connectivity index (χ2n) is 6.01. The minimum Gasteiger partial charge on any atom is -0.466 e. The van der Waals surface area contributed by atoms with E-state index in [0.29, 0.717) is 26.0 Å². The number of carbonyl (C=O) groups is 2. The van der Waals surface area contributed by atoms with Gasteiger partial charge in [0, 0.05) is 25.9 Å². The van der Waals surface area contributed by atoms with Crippen LogP contribution in [-0.4, -0.2) is 41.5 Å². The van der Waals surface area contributed by atoms with Crippen LogP contribution in [0.25, 0.3) is 10.2 Å². The summed E-state index contributed by atoms with van der Waals surface area (Å²) in [4.78, 5) is 30.7. The molecule has 1 aromatic carbocycles. The quantitative estimate of drug-likeness (QED) is 0.781. The van der Waals surface area contributed by atoms with Gasteiger partial charge in [-0.15, -0.1) is 11.3 Å². The van der Waals surface area contributed by atoms with Gasteiger partial charge in [0.1, 0.15) is 0 Å². The molecule has 1 atom stereocenters. The summed E-state index contributed by atoms with van der Waals surface area (Å²) in [7, 11) is 0. The lowest BCUT2D eigenvalue weighted by Crippen LogP contribution is -2.42. The normalized spacial score (nSPS) is 17.9. The van der Waals surface area contributed by atoms with Crippen molar-refractivity contribution >= 4 is 33.4 Å². The number of rotatable bonds is 5. The Kier molecular flexibility index (Phi) is 5.45. The molecule has 2 heterocycles. The Bertz CT molecular complexity index is 695. The number of benzene rings is 1. The number of piperidine rings is 1. The molecule has 0 radical (unpaired) electrons. The number of para-hydroxylation sites is 1. The third kappa shape index (κ3) is 3.93. The van der Waals surface area contributed by atoms with Crippen molar-refractivity contribution in [1.82, 2.24) is 9.88 Å². The van der Waals surface area contributed by atoms with E-state index in [0.717, 1.165) is 34.6 Å². The standard InChI is InChI=1S/C18H22N2O3S/c1-2-23-18(22)13-6-5-11-20(12-13)17(21)10-9-16-19-14-7-3-4-8-15(14)24-16/h3-4,7-8,13H,2,5-6,9-12H2,1H3/t13-/m0/s1. The number of hydrogen-bond acceptors (Lipinski definition) is 5. The van der Waals surface area contributed by atoms with Crippen molar-refractivity contribution in [3.63, 3.8) is 0 Å². The molecule has 0 unspecified atom stereocenters. The lowest BCUT2D eigenvalue weighted by Gasteiger charge is -2.31. The van der Waals surface area contributed by atoms with E-state index in [-0.39, 0.29) is 17.8 Å². The van der Waals surface area contributed by atoms with Crippen LogP contribution in [0.2, 0.25) is 0 Å². The Morgan fingerprint density at radius 2 is 2.21 bits per heavy atom. The monoisotopic (exact) mass is 346 g/mol. The van der Waals surface area contributed by atoms with Crippen LogP contribution < -0.4 is 0 Å². The predicted octanol–water partition coefficient (Wildman–Crippen LogP) is 3.03. The first-order valence-electron chi connectivity index (χ1n) is 8.46. The van der Waals surface area contributed by atoms with Gasteiger partial charge in [-0.25, -0.2) is 4.98 Å². The summed E-state index contributed by atoms with van der Waals surface area (Å²) in [6.07, 6.45) is 2.75. The van der Waals surface area contributed by atoms with Gasteiger partial charge in [-0.2, -0.15) is 0 Å². The molecular weight excluding hydrogens is 324 g/mol. The number of hydrogen-bond donors (Lipinski definition) is 0. The van der Waals surface area contributed by atoms with E-state index >= 15 is 0 Å². The van der Waals surface area contributed by atoms with E-state index in [1.54, 1.807) is 16.2 Å². The van der Waals surface area contributed by atoms with Gasteiger partial charge in [0.2, 0.25) is 5.91 Å². The number of esters is 1. The highest BCUT2D eigenvalue weighted by Gasteiger charge is 2.29. The summed E-state index contributed by atoms with van der Waals surface area (Å²) in [5.74, 6) is -0.255. The lowest BCUT2D eigenvalue weighted by molar-refractivity contribution is -0.151. The Hall–Kier alpha value is -1.95. The Morgan fingerprint density at radius 3 is 3.00 bits per heavy atom. The minimum absolute atomic E-state index is 0.100. The third-order valence-electron chi connectivity index (χ3n) is 4.28. The second-order valence-corrected chi connectivity index (χ2v) is 7.12. The zero-order chi connectivity index (χ0) is 16.9. The molecular formula is C18H22N2O3S. The summed E-state index contributed by atoms with van der Waals surface area (Å²) in [6, 6.07) is 8.01. The Balaban J connectivity index is 1.55. The van der Waals surface area contributed by atoms with E-state index < -0.39 is 0 Å². The van der Waals surface area contributed by atoms with Crippen molar-refractivity contribution in [2.45, 2.75) is 32.6 Å². The zero-order valence-electron chi connectivity index (χ0n) is 13.9. The summed E-state index contributed by atoms with van der Waals surface area (Å²) in [6.45, 7) is 3.41. The molecule has 2 aromatic rings. The van der Waals surface area contributed by atoms with Gasteiger partial charge in [-0.1, -0.05) is 12.1 Å². The van der Waals surface area contributed by atoms with E-state index in [9.17, 15) is 9.59 Å². The molecule has 0 spiro atoms. The molecule has 5 nitrogen and oxygen atoms in total. The van der Waals surface area contributed by atoms with Gasteiger partial charge in [0.25, 0.3) is 0 Å². The summed E-state index contributed by atoms with van der Waals surface area (Å²) in [5, 5.41) is 0.989. The van der Waals surface area contributed by atoms with Crippen LogP contribution in [-0.2, 0) is 20.7 Å². The van der Waals surface area contributed by atoms with E-state index in [1.165, 1.54) is 0 Å². The molecule has 128 valence electrons. The molecule has 1 amide bonds. The SMILES string of the molecule is CCOC(=O)[C@H]1CCCN(C(=O)CCc2nc3ccccc3s2)C1. The molecule has 1 aromatic heterocycles. The molecule has 1 aliphatic rings. The van der Waals surface area contributed by atoms with Crippen molar-refractivity contribution in [3.8, 4) is 0 Å². The van der Waals surface area contributed by atoms with E-state index in [4.69, 9.17) is 4.74 Å². The molecule has 1 saturated heterocycles. The number of thiazole rings is 1. The average molecular weight is 346 g/mol. The maximum absolute atomic E-state index is 12.5. The number of aryl methyl sites for hydroxylation is 1. The van der Waals surface area contributed by atoms with Crippen LogP contribution in [0.1, 0.15) is 31.2 Å². The number of nitrogens with zero attached hydrogens (tertiary/aromatic N) is 2. The third-order valence-corrected chi connectivity index (χ3v) is 5.38. The fourth-order valence-electron chi connectivity index (χ4n) is 3.06. The number of likely N-dealkylation sites (tertiary alicyclic amines) is 1. The smallest absolute Gasteiger partial charge is 0.310 e. The van der Waals surface area contributed by atoms with Crippen LogP contribution in [0.15, 0.2) is 24.3 Å². The largest absolute Gasteiger partial charge is 0.466 e. The van der Waals surface area contributed by atoms with E-state index in [1.807, 2.05) is 31.2 Å². The maximum atomic E-state index is 12.5. The van der Waals surface area contributed by atoms with Gasteiger partial charge < -0.3 is 9.64 Å². The first-order chi connectivity index (χ1) is 11.7.